The maximum atomic E-state index is 11.6. The van der Waals surface area contributed by atoms with Crippen molar-refractivity contribution in [1.82, 2.24) is 5.16 Å². The molecule has 0 aliphatic carbocycles. The first-order valence-electron chi connectivity index (χ1n) is 5.13. The molecule has 88 valence electrons. The van der Waals surface area contributed by atoms with Crippen LogP contribution in [0.4, 0.5) is 0 Å². The second kappa shape index (κ2) is 4.69. The van der Waals surface area contributed by atoms with Crippen molar-refractivity contribution in [2.24, 2.45) is 0 Å². The van der Waals surface area contributed by atoms with Crippen molar-refractivity contribution in [3.63, 3.8) is 0 Å². The summed E-state index contributed by atoms with van der Waals surface area (Å²) in [7, 11) is 0. The molecule has 1 heterocycles. The van der Waals surface area contributed by atoms with Gasteiger partial charge in [-0.1, -0.05) is 17.3 Å². The lowest BCUT2D eigenvalue weighted by atomic mass is 10.1. The van der Waals surface area contributed by atoms with Crippen molar-refractivity contribution in [3.05, 3.63) is 36.1 Å². The fourth-order valence-electron chi connectivity index (χ4n) is 1.45. The Balaban J connectivity index is 2.40. The van der Waals surface area contributed by atoms with E-state index >= 15 is 0 Å². The summed E-state index contributed by atoms with van der Waals surface area (Å²) >= 11 is 0. The Labute approximate surface area is 97.6 Å². The molecule has 2 rings (SSSR count). The molecule has 0 saturated carbocycles. The number of aromatic nitrogens is 1. The molecule has 0 radical (unpaired) electrons. The Morgan fingerprint density at radius 3 is 3.06 bits per heavy atom. The largest absolute Gasteiger partial charge is 0.508 e. The van der Waals surface area contributed by atoms with Gasteiger partial charge in [-0.15, -0.1) is 0 Å². The molecule has 1 aromatic carbocycles. The van der Waals surface area contributed by atoms with Gasteiger partial charge < -0.3 is 14.4 Å². The van der Waals surface area contributed by atoms with Crippen LogP contribution in [0.1, 0.15) is 17.3 Å². The maximum Gasteiger partial charge on any atom is 0.343 e. The van der Waals surface area contributed by atoms with Crippen LogP contribution in [0.15, 0.2) is 35.1 Å². The molecule has 0 spiro atoms. The molecule has 5 nitrogen and oxygen atoms in total. The third-order valence-corrected chi connectivity index (χ3v) is 2.18. The van der Waals surface area contributed by atoms with Crippen LogP contribution < -0.4 is 0 Å². The molecule has 5 heteroatoms. The molecular formula is C12H11NO4. The lowest BCUT2D eigenvalue weighted by Crippen LogP contribution is -2.04. The van der Waals surface area contributed by atoms with Gasteiger partial charge in [0.05, 0.1) is 6.61 Å². The summed E-state index contributed by atoms with van der Waals surface area (Å²) in [5.41, 5.74) is 1.21. The van der Waals surface area contributed by atoms with Gasteiger partial charge in [-0.25, -0.2) is 4.79 Å². The van der Waals surface area contributed by atoms with E-state index in [1.54, 1.807) is 19.1 Å². The first-order valence-corrected chi connectivity index (χ1v) is 5.13. The summed E-state index contributed by atoms with van der Waals surface area (Å²) in [5, 5.41) is 13.1. The lowest BCUT2D eigenvalue weighted by Gasteiger charge is -2.01. The summed E-state index contributed by atoms with van der Waals surface area (Å²) in [6, 6.07) is 6.42. The number of carbonyl (C=O) groups is 1. The zero-order valence-corrected chi connectivity index (χ0v) is 9.21. The fourth-order valence-corrected chi connectivity index (χ4v) is 1.45. The van der Waals surface area contributed by atoms with E-state index in [-0.39, 0.29) is 17.9 Å². The molecular weight excluding hydrogens is 222 g/mol. The number of ether oxygens (including phenoxy) is 1. The average molecular weight is 233 g/mol. The van der Waals surface area contributed by atoms with Crippen LogP contribution in [0.5, 0.6) is 5.75 Å². The zero-order valence-electron chi connectivity index (χ0n) is 9.21. The molecule has 0 saturated heterocycles. The zero-order chi connectivity index (χ0) is 12.3. The number of carbonyl (C=O) groups excluding carboxylic acids is 1. The van der Waals surface area contributed by atoms with Crippen molar-refractivity contribution in [2.75, 3.05) is 6.61 Å². The summed E-state index contributed by atoms with van der Waals surface area (Å²) < 4.78 is 9.65. The minimum atomic E-state index is -0.493. The summed E-state index contributed by atoms with van der Waals surface area (Å²) in [5.74, 6) is -0.396. The normalized spacial score (nSPS) is 10.2. The Hall–Kier alpha value is -2.30. The van der Waals surface area contributed by atoms with Crippen molar-refractivity contribution in [3.8, 4) is 17.0 Å². The van der Waals surface area contributed by atoms with E-state index in [1.165, 1.54) is 18.4 Å². The number of phenols is 1. The summed E-state index contributed by atoms with van der Waals surface area (Å²) in [4.78, 5) is 11.6. The second-order valence-electron chi connectivity index (χ2n) is 3.35. The number of hydrogen-bond acceptors (Lipinski definition) is 5. The highest BCUT2D eigenvalue weighted by molar-refractivity contribution is 5.95. The van der Waals surface area contributed by atoms with Crippen LogP contribution in [0.2, 0.25) is 0 Å². The van der Waals surface area contributed by atoms with Crippen LogP contribution in [-0.2, 0) is 4.74 Å². The highest BCUT2D eigenvalue weighted by Gasteiger charge is 2.18. The van der Waals surface area contributed by atoms with E-state index < -0.39 is 5.97 Å². The van der Waals surface area contributed by atoms with E-state index in [0.717, 1.165) is 0 Å². The molecule has 0 amide bonds. The number of esters is 1. The van der Waals surface area contributed by atoms with Crippen molar-refractivity contribution in [1.29, 1.82) is 0 Å². The van der Waals surface area contributed by atoms with Gasteiger partial charge in [-0.05, 0) is 19.1 Å². The third kappa shape index (κ3) is 2.28. The molecule has 0 fully saturated rings. The molecule has 0 atom stereocenters. The molecule has 1 aromatic heterocycles. The maximum absolute atomic E-state index is 11.6. The topological polar surface area (TPSA) is 72.6 Å². The molecule has 0 aliphatic heterocycles. The van der Waals surface area contributed by atoms with Crippen LogP contribution >= 0.6 is 0 Å². The highest BCUT2D eigenvalue weighted by Crippen LogP contribution is 2.25. The number of phenolic OH excluding ortho intramolecular Hbond substituents is 1. The van der Waals surface area contributed by atoms with Crippen LogP contribution in [0.25, 0.3) is 11.3 Å². The van der Waals surface area contributed by atoms with Crippen LogP contribution in [0.3, 0.4) is 0 Å². The minimum absolute atomic E-state index is 0.0975. The van der Waals surface area contributed by atoms with Gasteiger partial charge in [0.15, 0.2) is 0 Å². The van der Waals surface area contributed by atoms with Gasteiger partial charge in [0.1, 0.15) is 23.3 Å². The Morgan fingerprint density at radius 2 is 2.35 bits per heavy atom. The predicted molar refractivity (Wildman–Crippen MR) is 59.6 cm³/mol. The highest BCUT2D eigenvalue weighted by atomic mass is 16.5. The number of benzene rings is 1. The number of hydrogen-bond donors (Lipinski definition) is 1. The number of aromatic hydroxyl groups is 1. The smallest absolute Gasteiger partial charge is 0.343 e. The van der Waals surface area contributed by atoms with Gasteiger partial charge in [-0.3, -0.25) is 0 Å². The van der Waals surface area contributed by atoms with Gasteiger partial charge in [0.2, 0.25) is 0 Å². The Morgan fingerprint density at radius 1 is 1.53 bits per heavy atom. The molecule has 17 heavy (non-hydrogen) atoms. The van der Waals surface area contributed by atoms with Crippen molar-refractivity contribution in [2.45, 2.75) is 6.92 Å². The van der Waals surface area contributed by atoms with Crippen molar-refractivity contribution >= 4 is 5.97 Å². The second-order valence-corrected chi connectivity index (χ2v) is 3.35. The summed E-state index contributed by atoms with van der Waals surface area (Å²) in [6.45, 7) is 2.00. The van der Waals surface area contributed by atoms with Crippen molar-refractivity contribution < 1.29 is 19.2 Å². The molecule has 2 aromatic rings. The average Bonchev–Trinajstić information content (AvgIpc) is 2.78. The van der Waals surface area contributed by atoms with Gasteiger partial charge in [0.25, 0.3) is 0 Å². The number of nitrogens with zero attached hydrogens (tertiary/aromatic N) is 1. The van der Waals surface area contributed by atoms with E-state index in [4.69, 9.17) is 9.26 Å². The third-order valence-electron chi connectivity index (χ3n) is 2.18. The molecule has 0 aliphatic rings. The standard InChI is InChI=1S/C12H11NO4/c1-2-16-12(15)10-7-17-13-11(10)8-4-3-5-9(14)6-8/h3-7,14H,2H2,1H3. The quantitative estimate of drug-likeness (QED) is 0.823. The van der Waals surface area contributed by atoms with Gasteiger partial charge in [-0.2, -0.15) is 0 Å². The monoisotopic (exact) mass is 233 g/mol. The summed E-state index contributed by atoms with van der Waals surface area (Å²) in [6.07, 6.45) is 1.23. The predicted octanol–water partition coefficient (Wildman–Crippen LogP) is 2.22. The molecule has 0 bridgehead atoms. The van der Waals surface area contributed by atoms with Crippen LogP contribution in [0, 0.1) is 0 Å². The van der Waals surface area contributed by atoms with E-state index in [0.29, 0.717) is 11.3 Å². The molecule has 1 N–H and O–H groups in total. The first-order chi connectivity index (χ1) is 8.22. The van der Waals surface area contributed by atoms with Crippen LogP contribution in [-0.4, -0.2) is 22.8 Å². The first kappa shape index (κ1) is 11.2. The number of rotatable bonds is 3. The molecule has 0 unspecified atom stereocenters. The Kier molecular flexibility index (Phi) is 3.09. The SMILES string of the molecule is CCOC(=O)c1conc1-c1cccc(O)c1. The van der Waals surface area contributed by atoms with E-state index in [2.05, 4.69) is 5.16 Å². The fraction of sp³-hybridized carbons (Fsp3) is 0.167. The van der Waals surface area contributed by atoms with Gasteiger partial charge in [0, 0.05) is 5.56 Å². The van der Waals surface area contributed by atoms with Gasteiger partial charge >= 0.3 is 5.97 Å². The van der Waals surface area contributed by atoms with E-state index in [9.17, 15) is 9.90 Å². The van der Waals surface area contributed by atoms with E-state index in [1.807, 2.05) is 0 Å². The minimum Gasteiger partial charge on any atom is -0.508 e. The lowest BCUT2D eigenvalue weighted by molar-refractivity contribution is 0.0526. The Bertz CT molecular complexity index is 533.